The van der Waals surface area contributed by atoms with Crippen molar-refractivity contribution < 1.29 is 4.79 Å². The van der Waals surface area contributed by atoms with Gasteiger partial charge in [-0.05, 0) is 26.0 Å². The molecule has 0 radical (unpaired) electrons. The summed E-state index contributed by atoms with van der Waals surface area (Å²) in [5.41, 5.74) is 5.13. The largest absolute Gasteiger partial charge is 0.352 e. The zero-order chi connectivity index (χ0) is 16.9. The maximum absolute atomic E-state index is 12.1. The van der Waals surface area contributed by atoms with E-state index in [-0.39, 0.29) is 5.91 Å². The summed E-state index contributed by atoms with van der Waals surface area (Å²) >= 11 is 0. The third-order valence-electron chi connectivity index (χ3n) is 3.95. The fraction of sp³-hybridized carbons (Fsp3) is 0.200. The average Bonchev–Trinajstić information content (AvgIpc) is 3.05. The highest BCUT2D eigenvalue weighted by Crippen LogP contribution is 2.16. The van der Waals surface area contributed by atoms with Crippen molar-refractivity contribution in [3.8, 4) is 11.4 Å². The van der Waals surface area contributed by atoms with E-state index in [2.05, 4.69) is 46.5 Å². The lowest BCUT2D eigenvalue weighted by atomic mass is 10.1. The van der Waals surface area contributed by atoms with Crippen molar-refractivity contribution in [2.75, 3.05) is 6.54 Å². The Hall–Kier alpha value is -2.88. The Bertz CT molecular complexity index is 817. The number of nitrogens with zero attached hydrogens (tertiary/aromatic N) is 1. The summed E-state index contributed by atoms with van der Waals surface area (Å²) in [7, 11) is 0. The molecule has 0 atom stereocenters. The van der Waals surface area contributed by atoms with Gasteiger partial charge in [0.05, 0.1) is 0 Å². The highest BCUT2D eigenvalue weighted by Gasteiger charge is 2.06. The first-order valence-electron chi connectivity index (χ1n) is 8.07. The Morgan fingerprint density at radius 1 is 1.00 bits per heavy atom. The zero-order valence-electron chi connectivity index (χ0n) is 14.0. The molecule has 0 spiro atoms. The molecule has 0 saturated carbocycles. The minimum Gasteiger partial charge on any atom is -0.352 e. The van der Waals surface area contributed by atoms with Gasteiger partial charge in [0, 0.05) is 36.0 Å². The number of carbonyl (C=O) groups excluding carboxylic acids is 1. The number of nitrogens with one attached hydrogen (secondary N) is 2. The van der Waals surface area contributed by atoms with E-state index in [0.717, 1.165) is 29.1 Å². The number of imidazole rings is 1. The van der Waals surface area contributed by atoms with Crippen LogP contribution in [-0.4, -0.2) is 22.4 Å². The van der Waals surface area contributed by atoms with Crippen molar-refractivity contribution in [1.82, 2.24) is 15.3 Å². The third-order valence-corrected chi connectivity index (χ3v) is 3.95. The van der Waals surface area contributed by atoms with Crippen LogP contribution < -0.4 is 5.32 Å². The molecule has 122 valence electrons. The van der Waals surface area contributed by atoms with Gasteiger partial charge in [0.2, 0.25) is 0 Å². The number of amides is 1. The maximum Gasteiger partial charge on any atom is 0.251 e. The van der Waals surface area contributed by atoms with Crippen LogP contribution in [0, 0.1) is 13.8 Å². The van der Waals surface area contributed by atoms with Crippen molar-refractivity contribution >= 4 is 5.91 Å². The van der Waals surface area contributed by atoms with E-state index in [4.69, 9.17) is 0 Å². The quantitative estimate of drug-likeness (QED) is 0.754. The van der Waals surface area contributed by atoms with Crippen LogP contribution in [0.3, 0.4) is 0 Å². The molecular weight excluding hydrogens is 298 g/mol. The van der Waals surface area contributed by atoms with Gasteiger partial charge >= 0.3 is 0 Å². The summed E-state index contributed by atoms with van der Waals surface area (Å²) in [5.74, 6) is 0.808. The van der Waals surface area contributed by atoms with Gasteiger partial charge in [0.1, 0.15) is 5.82 Å². The summed E-state index contributed by atoms with van der Waals surface area (Å²) in [6.07, 6.45) is 2.55. The molecule has 24 heavy (non-hydrogen) atoms. The van der Waals surface area contributed by atoms with Crippen molar-refractivity contribution in [3.05, 3.63) is 77.1 Å². The molecule has 0 aliphatic rings. The molecule has 0 saturated heterocycles. The first-order valence-corrected chi connectivity index (χ1v) is 8.07. The molecule has 0 bridgehead atoms. The molecule has 4 heteroatoms. The van der Waals surface area contributed by atoms with Crippen LogP contribution in [0.15, 0.2) is 54.7 Å². The summed E-state index contributed by atoms with van der Waals surface area (Å²) in [5, 5.41) is 2.94. The fourth-order valence-electron chi connectivity index (χ4n) is 2.46. The molecule has 3 rings (SSSR count). The topological polar surface area (TPSA) is 57.8 Å². The maximum atomic E-state index is 12.1. The summed E-state index contributed by atoms with van der Waals surface area (Å²) in [6, 6.07) is 15.8. The van der Waals surface area contributed by atoms with E-state index < -0.39 is 0 Å². The van der Waals surface area contributed by atoms with Crippen LogP contribution in [0.1, 0.15) is 27.2 Å². The zero-order valence-corrected chi connectivity index (χ0v) is 14.0. The van der Waals surface area contributed by atoms with Crippen LogP contribution in [0.5, 0.6) is 0 Å². The second-order valence-corrected chi connectivity index (χ2v) is 5.99. The van der Waals surface area contributed by atoms with Crippen LogP contribution >= 0.6 is 0 Å². The highest BCUT2D eigenvalue weighted by molar-refractivity contribution is 5.94. The van der Waals surface area contributed by atoms with Crippen molar-refractivity contribution in [2.24, 2.45) is 0 Å². The predicted octanol–water partition coefficient (Wildman–Crippen LogP) is 3.67. The lowest BCUT2D eigenvalue weighted by molar-refractivity contribution is 0.0954. The second-order valence-electron chi connectivity index (χ2n) is 5.99. The predicted molar refractivity (Wildman–Crippen MR) is 96.0 cm³/mol. The van der Waals surface area contributed by atoms with Crippen molar-refractivity contribution in [2.45, 2.75) is 20.3 Å². The van der Waals surface area contributed by atoms with Gasteiger partial charge in [-0.1, -0.05) is 47.5 Å². The van der Waals surface area contributed by atoms with Gasteiger partial charge in [0.25, 0.3) is 5.91 Å². The number of aromatic amines is 1. The molecule has 0 aliphatic heterocycles. The number of carbonyl (C=O) groups is 1. The van der Waals surface area contributed by atoms with E-state index in [1.165, 1.54) is 5.56 Å². The molecule has 0 unspecified atom stereocenters. The molecule has 2 N–H and O–H groups in total. The number of H-pyrrole nitrogens is 1. The monoisotopic (exact) mass is 319 g/mol. The minimum absolute atomic E-state index is 0.0479. The van der Waals surface area contributed by atoms with Crippen LogP contribution in [-0.2, 0) is 6.42 Å². The minimum atomic E-state index is -0.0479. The number of benzene rings is 2. The van der Waals surface area contributed by atoms with Gasteiger partial charge in [0.15, 0.2) is 0 Å². The first kappa shape index (κ1) is 16.0. The second kappa shape index (κ2) is 7.13. The van der Waals surface area contributed by atoms with E-state index >= 15 is 0 Å². The van der Waals surface area contributed by atoms with E-state index in [1.807, 2.05) is 37.4 Å². The summed E-state index contributed by atoms with van der Waals surface area (Å²) in [4.78, 5) is 19.8. The normalized spacial score (nSPS) is 10.6. The van der Waals surface area contributed by atoms with E-state index in [1.54, 1.807) is 0 Å². The molecule has 0 aliphatic carbocycles. The van der Waals surface area contributed by atoms with Gasteiger partial charge in [-0.15, -0.1) is 0 Å². The Balaban J connectivity index is 1.55. The van der Waals surface area contributed by atoms with Crippen molar-refractivity contribution in [1.29, 1.82) is 0 Å². The van der Waals surface area contributed by atoms with Gasteiger partial charge in [-0.25, -0.2) is 4.98 Å². The third kappa shape index (κ3) is 3.90. The number of aryl methyl sites for hydroxylation is 2. The molecule has 2 aromatic carbocycles. The molecule has 3 aromatic rings. The highest BCUT2D eigenvalue weighted by atomic mass is 16.1. The molecule has 0 fully saturated rings. The number of hydrogen-bond acceptors (Lipinski definition) is 2. The first-order chi connectivity index (χ1) is 11.6. The Kier molecular flexibility index (Phi) is 4.75. The van der Waals surface area contributed by atoms with Crippen LogP contribution in [0.4, 0.5) is 0 Å². The van der Waals surface area contributed by atoms with Gasteiger partial charge in [-0.3, -0.25) is 4.79 Å². The molecule has 1 heterocycles. The number of hydrogen-bond donors (Lipinski definition) is 2. The Labute approximate surface area is 142 Å². The standard InChI is InChI=1S/C20H21N3O/c1-14-3-7-16(8-4-14)19-22-13-18(23-19)11-12-21-20(24)17-9-5-15(2)6-10-17/h3-10,13H,11-12H2,1-2H3,(H,21,24)(H,22,23). The van der Waals surface area contributed by atoms with E-state index in [0.29, 0.717) is 12.1 Å². The fourth-order valence-corrected chi connectivity index (χ4v) is 2.46. The smallest absolute Gasteiger partial charge is 0.251 e. The molecule has 4 nitrogen and oxygen atoms in total. The van der Waals surface area contributed by atoms with Gasteiger partial charge in [-0.2, -0.15) is 0 Å². The SMILES string of the molecule is Cc1ccc(C(=O)NCCc2cnc(-c3ccc(C)cc3)[nH]2)cc1. The molecule has 1 aromatic heterocycles. The number of rotatable bonds is 5. The molecular formula is C20H21N3O. The Morgan fingerprint density at radius 3 is 2.29 bits per heavy atom. The Morgan fingerprint density at radius 2 is 1.62 bits per heavy atom. The summed E-state index contributed by atoms with van der Waals surface area (Å²) in [6.45, 7) is 4.64. The molecule has 1 amide bonds. The average molecular weight is 319 g/mol. The van der Waals surface area contributed by atoms with Crippen molar-refractivity contribution in [3.63, 3.8) is 0 Å². The lowest BCUT2D eigenvalue weighted by Crippen LogP contribution is -2.25. The lowest BCUT2D eigenvalue weighted by Gasteiger charge is -2.04. The van der Waals surface area contributed by atoms with Crippen LogP contribution in [0.25, 0.3) is 11.4 Å². The summed E-state index contributed by atoms with van der Waals surface area (Å²) < 4.78 is 0. The van der Waals surface area contributed by atoms with E-state index in [9.17, 15) is 4.79 Å². The number of aromatic nitrogens is 2. The van der Waals surface area contributed by atoms with Gasteiger partial charge < -0.3 is 10.3 Å². The van der Waals surface area contributed by atoms with Crippen LogP contribution in [0.2, 0.25) is 0 Å².